The third-order valence-electron chi connectivity index (χ3n) is 4.27. The van der Waals surface area contributed by atoms with Gasteiger partial charge in [-0.2, -0.15) is 0 Å². The molecule has 0 aromatic heterocycles. The second kappa shape index (κ2) is 8.54. The van der Waals surface area contributed by atoms with Crippen LogP contribution in [-0.4, -0.2) is 51.2 Å². The Bertz CT molecular complexity index is 591. The van der Waals surface area contributed by atoms with Crippen LogP contribution in [0.1, 0.15) is 30.9 Å². The summed E-state index contributed by atoms with van der Waals surface area (Å²) in [5.41, 5.74) is 1.07. The lowest BCUT2D eigenvalue weighted by atomic mass is 10.0. The van der Waals surface area contributed by atoms with E-state index in [4.69, 9.17) is 9.47 Å². The Morgan fingerprint density at radius 1 is 1.29 bits per heavy atom. The van der Waals surface area contributed by atoms with E-state index in [-0.39, 0.29) is 18.4 Å². The Hall–Kier alpha value is -2.28. The standard InChI is InChI=1S/C17H25N3O4/c1-18-17(22)19-16(21)8-10-20-9-4-5-14(20)13-11-12(23-2)6-7-15(13)24-3/h6-7,11,14H,4-5,8-10H2,1-3H3,(H2,18,19,21,22)/t14-/m0/s1. The summed E-state index contributed by atoms with van der Waals surface area (Å²) in [5.74, 6) is 1.33. The number of methoxy groups -OCH3 is 2. The first-order valence-corrected chi connectivity index (χ1v) is 8.06. The van der Waals surface area contributed by atoms with Crippen molar-refractivity contribution in [3.63, 3.8) is 0 Å². The summed E-state index contributed by atoms with van der Waals surface area (Å²) in [4.78, 5) is 25.2. The van der Waals surface area contributed by atoms with E-state index in [1.807, 2.05) is 18.2 Å². The lowest BCUT2D eigenvalue weighted by Gasteiger charge is -2.26. The van der Waals surface area contributed by atoms with Gasteiger partial charge in [0.15, 0.2) is 0 Å². The van der Waals surface area contributed by atoms with Gasteiger partial charge in [-0.3, -0.25) is 15.0 Å². The zero-order valence-electron chi connectivity index (χ0n) is 14.4. The van der Waals surface area contributed by atoms with E-state index < -0.39 is 6.03 Å². The number of hydrogen-bond acceptors (Lipinski definition) is 5. The van der Waals surface area contributed by atoms with Crippen molar-refractivity contribution in [2.45, 2.75) is 25.3 Å². The van der Waals surface area contributed by atoms with Crippen LogP contribution in [0, 0.1) is 0 Å². The molecule has 0 radical (unpaired) electrons. The minimum Gasteiger partial charge on any atom is -0.497 e. The van der Waals surface area contributed by atoms with Gasteiger partial charge < -0.3 is 14.8 Å². The van der Waals surface area contributed by atoms with Crippen molar-refractivity contribution in [2.75, 3.05) is 34.4 Å². The van der Waals surface area contributed by atoms with Crippen molar-refractivity contribution in [2.24, 2.45) is 0 Å². The van der Waals surface area contributed by atoms with Gasteiger partial charge in [0.1, 0.15) is 11.5 Å². The molecular weight excluding hydrogens is 310 g/mol. The molecule has 1 heterocycles. The number of carbonyl (C=O) groups excluding carboxylic acids is 2. The van der Waals surface area contributed by atoms with Crippen LogP contribution < -0.4 is 20.1 Å². The molecule has 1 atom stereocenters. The maximum absolute atomic E-state index is 11.8. The highest BCUT2D eigenvalue weighted by atomic mass is 16.5. The Morgan fingerprint density at radius 2 is 2.08 bits per heavy atom. The summed E-state index contributed by atoms with van der Waals surface area (Å²) in [7, 11) is 4.77. The number of carbonyl (C=O) groups is 2. The highest BCUT2D eigenvalue weighted by Gasteiger charge is 2.29. The molecule has 3 amide bonds. The molecule has 0 aliphatic carbocycles. The van der Waals surface area contributed by atoms with Crippen LogP contribution in [-0.2, 0) is 4.79 Å². The monoisotopic (exact) mass is 335 g/mol. The van der Waals surface area contributed by atoms with Crippen molar-refractivity contribution in [1.29, 1.82) is 0 Å². The average Bonchev–Trinajstić information content (AvgIpc) is 3.07. The van der Waals surface area contributed by atoms with Gasteiger partial charge in [-0.15, -0.1) is 0 Å². The lowest BCUT2D eigenvalue weighted by molar-refractivity contribution is -0.120. The summed E-state index contributed by atoms with van der Waals surface area (Å²) in [6, 6.07) is 5.48. The number of nitrogens with one attached hydrogen (secondary N) is 2. The Balaban J connectivity index is 2.05. The summed E-state index contributed by atoms with van der Waals surface area (Å²) < 4.78 is 10.8. The first-order valence-electron chi connectivity index (χ1n) is 8.06. The number of benzene rings is 1. The van der Waals surface area contributed by atoms with E-state index in [1.54, 1.807) is 14.2 Å². The number of imide groups is 1. The molecule has 2 N–H and O–H groups in total. The zero-order chi connectivity index (χ0) is 17.5. The van der Waals surface area contributed by atoms with Gasteiger partial charge in [0.25, 0.3) is 0 Å². The van der Waals surface area contributed by atoms with Crippen molar-refractivity contribution in [3.8, 4) is 11.5 Å². The Kier molecular flexibility index (Phi) is 6.43. The van der Waals surface area contributed by atoms with Crippen LogP contribution >= 0.6 is 0 Å². The van der Waals surface area contributed by atoms with Crippen LogP contribution in [0.3, 0.4) is 0 Å². The average molecular weight is 335 g/mol. The van der Waals surface area contributed by atoms with Crippen LogP contribution in [0.25, 0.3) is 0 Å². The second-order valence-corrected chi connectivity index (χ2v) is 5.68. The largest absolute Gasteiger partial charge is 0.497 e. The van der Waals surface area contributed by atoms with Gasteiger partial charge in [0, 0.05) is 31.6 Å². The van der Waals surface area contributed by atoms with Gasteiger partial charge in [-0.1, -0.05) is 0 Å². The normalized spacial score (nSPS) is 17.4. The molecule has 0 unspecified atom stereocenters. The third kappa shape index (κ3) is 4.38. The molecule has 7 nitrogen and oxygen atoms in total. The van der Waals surface area contributed by atoms with Crippen LogP contribution in [0.15, 0.2) is 18.2 Å². The maximum Gasteiger partial charge on any atom is 0.321 e. The van der Waals surface area contributed by atoms with Gasteiger partial charge in [0.2, 0.25) is 5.91 Å². The number of ether oxygens (including phenoxy) is 2. The van der Waals surface area contributed by atoms with E-state index in [0.29, 0.717) is 6.54 Å². The van der Waals surface area contributed by atoms with Crippen molar-refractivity contribution < 1.29 is 19.1 Å². The SMILES string of the molecule is CNC(=O)NC(=O)CCN1CCC[C@H]1c1cc(OC)ccc1OC. The number of rotatable bonds is 6. The molecule has 2 rings (SSSR count). The molecule has 132 valence electrons. The van der Waals surface area contributed by atoms with E-state index >= 15 is 0 Å². The highest BCUT2D eigenvalue weighted by molar-refractivity contribution is 5.94. The van der Waals surface area contributed by atoms with Crippen molar-refractivity contribution in [3.05, 3.63) is 23.8 Å². The number of likely N-dealkylation sites (tertiary alicyclic amines) is 1. The minimum atomic E-state index is -0.479. The lowest BCUT2D eigenvalue weighted by Crippen LogP contribution is -2.39. The second-order valence-electron chi connectivity index (χ2n) is 5.68. The summed E-state index contributed by atoms with van der Waals surface area (Å²) in [6.45, 7) is 1.51. The van der Waals surface area contributed by atoms with Crippen molar-refractivity contribution >= 4 is 11.9 Å². The zero-order valence-corrected chi connectivity index (χ0v) is 14.4. The molecule has 1 aromatic rings. The minimum absolute atomic E-state index is 0.183. The quantitative estimate of drug-likeness (QED) is 0.827. The molecule has 24 heavy (non-hydrogen) atoms. The number of nitrogens with zero attached hydrogens (tertiary/aromatic N) is 1. The smallest absolute Gasteiger partial charge is 0.321 e. The fourth-order valence-electron chi connectivity index (χ4n) is 3.04. The highest BCUT2D eigenvalue weighted by Crippen LogP contribution is 2.38. The molecule has 7 heteroatoms. The molecule has 1 aliphatic rings. The molecule has 1 aliphatic heterocycles. The van der Waals surface area contributed by atoms with Gasteiger partial charge in [-0.25, -0.2) is 4.79 Å². The fourth-order valence-corrected chi connectivity index (χ4v) is 3.04. The van der Waals surface area contributed by atoms with Gasteiger partial charge in [0.05, 0.1) is 14.2 Å². The predicted molar refractivity (Wildman–Crippen MR) is 90.3 cm³/mol. The van der Waals surface area contributed by atoms with Crippen LogP contribution in [0.2, 0.25) is 0 Å². The number of amides is 3. The molecule has 0 bridgehead atoms. The van der Waals surface area contributed by atoms with Crippen LogP contribution in [0.5, 0.6) is 11.5 Å². The molecule has 1 aromatic carbocycles. The predicted octanol–water partition coefficient (Wildman–Crippen LogP) is 1.69. The topological polar surface area (TPSA) is 79.9 Å². The van der Waals surface area contributed by atoms with E-state index in [1.165, 1.54) is 7.05 Å². The van der Waals surface area contributed by atoms with Gasteiger partial charge >= 0.3 is 6.03 Å². The maximum atomic E-state index is 11.8. The summed E-state index contributed by atoms with van der Waals surface area (Å²) >= 11 is 0. The summed E-state index contributed by atoms with van der Waals surface area (Å²) in [6.07, 6.45) is 2.33. The number of hydrogen-bond donors (Lipinski definition) is 2. The number of urea groups is 1. The van der Waals surface area contributed by atoms with Gasteiger partial charge in [-0.05, 0) is 37.6 Å². The Labute approximate surface area is 142 Å². The molecular formula is C17H25N3O4. The van der Waals surface area contributed by atoms with Crippen molar-refractivity contribution in [1.82, 2.24) is 15.5 Å². The van der Waals surface area contributed by atoms with E-state index in [2.05, 4.69) is 15.5 Å². The molecule has 1 saturated heterocycles. The van der Waals surface area contributed by atoms with E-state index in [9.17, 15) is 9.59 Å². The van der Waals surface area contributed by atoms with E-state index in [0.717, 1.165) is 36.4 Å². The molecule has 1 fully saturated rings. The fraction of sp³-hybridized carbons (Fsp3) is 0.529. The van der Waals surface area contributed by atoms with Crippen LogP contribution in [0.4, 0.5) is 4.79 Å². The Morgan fingerprint density at radius 3 is 2.75 bits per heavy atom. The molecule has 0 saturated carbocycles. The first-order chi connectivity index (χ1) is 11.6. The first kappa shape index (κ1) is 18.1. The third-order valence-corrected chi connectivity index (χ3v) is 4.27. The molecule has 0 spiro atoms. The summed E-state index contributed by atoms with van der Waals surface area (Å²) in [5, 5.41) is 4.66.